The lowest BCUT2D eigenvalue weighted by atomic mass is 10.2. The topological polar surface area (TPSA) is 77.2 Å². The zero-order valence-corrected chi connectivity index (χ0v) is 16.0. The molecule has 0 aliphatic rings. The smallest absolute Gasteiger partial charge is 0.341 e. The SMILES string of the molecule is Cc1cc(SCc2nn(-c3ccc(F)c(F)c3)nc2C)ccc1OCC(=O)O. The zero-order chi connectivity index (χ0) is 20.3. The second-order valence-corrected chi connectivity index (χ2v) is 7.07. The number of hydrogen-bond donors (Lipinski definition) is 1. The first kappa shape index (κ1) is 19.8. The molecule has 0 fully saturated rings. The number of rotatable bonds is 7. The normalized spacial score (nSPS) is 10.9. The van der Waals surface area contributed by atoms with Crippen molar-refractivity contribution in [2.75, 3.05) is 6.61 Å². The van der Waals surface area contributed by atoms with E-state index in [9.17, 15) is 13.6 Å². The van der Waals surface area contributed by atoms with E-state index in [0.717, 1.165) is 28.3 Å². The molecule has 0 unspecified atom stereocenters. The number of halogens is 2. The van der Waals surface area contributed by atoms with Crippen LogP contribution in [0.25, 0.3) is 5.69 Å². The molecule has 0 saturated heterocycles. The molecular weight excluding hydrogens is 388 g/mol. The van der Waals surface area contributed by atoms with E-state index >= 15 is 0 Å². The summed E-state index contributed by atoms with van der Waals surface area (Å²) in [5.41, 5.74) is 2.58. The number of aliphatic carboxylic acids is 1. The van der Waals surface area contributed by atoms with Crippen LogP contribution in [-0.4, -0.2) is 32.7 Å². The number of carbonyl (C=O) groups is 1. The van der Waals surface area contributed by atoms with Gasteiger partial charge in [-0.05, 0) is 49.7 Å². The third kappa shape index (κ3) is 4.66. The van der Waals surface area contributed by atoms with Crippen LogP contribution in [0.1, 0.15) is 17.0 Å². The number of carboxylic acid groups (broad SMARTS) is 1. The highest BCUT2D eigenvalue weighted by molar-refractivity contribution is 7.98. The average Bonchev–Trinajstić information content (AvgIpc) is 3.02. The second-order valence-electron chi connectivity index (χ2n) is 6.02. The molecule has 146 valence electrons. The van der Waals surface area contributed by atoms with Gasteiger partial charge in [0.1, 0.15) is 5.75 Å². The number of aromatic nitrogens is 3. The monoisotopic (exact) mass is 405 g/mol. The third-order valence-corrected chi connectivity index (χ3v) is 4.89. The van der Waals surface area contributed by atoms with E-state index in [-0.39, 0.29) is 6.61 Å². The van der Waals surface area contributed by atoms with Crippen molar-refractivity contribution in [3.8, 4) is 11.4 Å². The van der Waals surface area contributed by atoms with Gasteiger partial charge in [-0.3, -0.25) is 0 Å². The maximum absolute atomic E-state index is 13.4. The van der Waals surface area contributed by atoms with E-state index in [1.165, 1.54) is 22.6 Å². The Labute approximate surface area is 164 Å². The van der Waals surface area contributed by atoms with Crippen LogP contribution >= 0.6 is 11.8 Å². The van der Waals surface area contributed by atoms with Gasteiger partial charge in [-0.15, -0.1) is 11.8 Å². The van der Waals surface area contributed by atoms with Crippen LogP contribution in [0.3, 0.4) is 0 Å². The summed E-state index contributed by atoms with van der Waals surface area (Å²) < 4.78 is 31.7. The highest BCUT2D eigenvalue weighted by Crippen LogP contribution is 2.28. The summed E-state index contributed by atoms with van der Waals surface area (Å²) in [5.74, 6) is -1.85. The molecule has 0 atom stereocenters. The zero-order valence-electron chi connectivity index (χ0n) is 15.1. The van der Waals surface area contributed by atoms with Gasteiger partial charge in [-0.1, -0.05) is 0 Å². The first-order valence-electron chi connectivity index (χ1n) is 8.30. The molecule has 9 heteroatoms. The number of thioether (sulfide) groups is 1. The maximum atomic E-state index is 13.4. The summed E-state index contributed by atoms with van der Waals surface area (Å²) in [5, 5.41) is 17.3. The number of ether oxygens (including phenoxy) is 1. The number of carboxylic acids is 1. The van der Waals surface area contributed by atoms with Crippen LogP contribution in [0.15, 0.2) is 41.3 Å². The summed E-state index contributed by atoms with van der Waals surface area (Å²) >= 11 is 1.53. The van der Waals surface area contributed by atoms with Crippen LogP contribution in [0, 0.1) is 25.5 Å². The van der Waals surface area contributed by atoms with Gasteiger partial charge in [0.15, 0.2) is 18.2 Å². The van der Waals surface area contributed by atoms with E-state index in [2.05, 4.69) is 10.2 Å². The molecule has 0 bridgehead atoms. The van der Waals surface area contributed by atoms with Crippen molar-refractivity contribution in [3.63, 3.8) is 0 Å². The van der Waals surface area contributed by atoms with Gasteiger partial charge in [0.2, 0.25) is 0 Å². The van der Waals surface area contributed by atoms with Gasteiger partial charge in [0.25, 0.3) is 0 Å². The van der Waals surface area contributed by atoms with Crippen molar-refractivity contribution in [1.29, 1.82) is 0 Å². The quantitative estimate of drug-likeness (QED) is 0.601. The standard InChI is InChI=1S/C19H17F2N3O3S/c1-11-7-14(4-6-18(11)27-9-19(25)26)28-10-17-12(2)22-24(23-17)13-3-5-15(20)16(21)8-13/h3-8H,9-10H2,1-2H3,(H,25,26). The molecule has 28 heavy (non-hydrogen) atoms. The number of benzene rings is 2. The molecule has 1 heterocycles. The Morgan fingerprint density at radius 3 is 2.61 bits per heavy atom. The number of hydrogen-bond acceptors (Lipinski definition) is 5. The van der Waals surface area contributed by atoms with E-state index in [1.54, 1.807) is 13.0 Å². The molecule has 3 aromatic rings. The van der Waals surface area contributed by atoms with E-state index in [4.69, 9.17) is 9.84 Å². The molecule has 6 nitrogen and oxygen atoms in total. The molecular formula is C19H17F2N3O3S. The predicted octanol–water partition coefficient (Wildman–Crippen LogP) is 3.92. The third-order valence-electron chi connectivity index (χ3n) is 3.89. The van der Waals surface area contributed by atoms with Gasteiger partial charge in [-0.2, -0.15) is 15.0 Å². The van der Waals surface area contributed by atoms with Crippen LogP contribution < -0.4 is 4.74 Å². The summed E-state index contributed by atoms with van der Waals surface area (Å²) in [4.78, 5) is 12.8. The highest BCUT2D eigenvalue weighted by atomic mass is 32.2. The van der Waals surface area contributed by atoms with Crippen molar-refractivity contribution < 1.29 is 23.4 Å². The molecule has 0 radical (unpaired) electrons. The molecule has 3 rings (SSSR count). The van der Waals surface area contributed by atoms with E-state index < -0.39 is 17.6 Å². The average molecular weight is 405 g/mol. The molecule has 0 aliphatic carbocycles. The molecule has 0 amide bonds. The Bertz CT molecular complexity index is 1020. The largest absolute Gasteiger partial charge is 0.482 e. The lowest BCUT2D eigenvalue weighted by Gasteiger charge is -2.08. The molecule has 0 spiro atoms. The van der Waals surface area contributed by atoms with Gasteiger partial charge in [0.05, 0.1) is 17.1 Å². The maximum Gasteiger partial charge on any atom is 0.341 e. The first-order chi connectivity index (χ1) is 13.3. The lowest BCUT2D eigenvalue weighted by Crippen LogP contribution is -2.09. The van der Waals surface area contributed by atoms with Crippen molar-refractivity contribution in [2.45, 2.75) is 24.5 Å². The molecule has 0 aliphatic heterocycles. The van der Waals surface area contributed by atoms with E-state index in [0.29, 0.717) is 22.9 Å². The minimum atomic E-state index is -1.03. The summed E-state index contributed by atoms with van der Waals surface area (Å²) in [7, 11) is 0. The Hall–Kier alpha value is -2.94. The number of nitrogens with zero attached hydrogens (tertiary/aromatic N) is 3. The Kier molecular flexibility index (Phi) is 5.93. The van der Waals surface area contributed by atoms with E-state index in [1.807, 2.05) is 19.1 Å². The Morgan fingerprint density at radius 2 is 1.93 bits per heavy atom. The molecule has 1 aromatic heterocycles. The van der Waals surface area contributed by atoms with Gasteiger partial charge in [-0.25, -0.2) is 13.6 Å². The van der Waals surface area contributed by atoms with Gasteiger partial charge < -0.3 is 9.84 Å². The van der Waals surface area contributed by atoms with Crippen LogP contribution in [0.5, 0.6) is 5.75 Å². The minimum Gasteiger partial charge on any atom is -0.482 e. The van der Waals surface area contributed by atoms with Crippen molar-refractivity contribution in [3.05, 3.63) is 65.0 Å². The Morgan fingerprint density at radius 1 is 1.14 bits per heavy atom. The van der Waals surface area contributed by atoms with Gasteiger partial charge in [0, 0.05) is 16.7 Å². The summed E-state index contributed by atoms with van der Waals surface area (Å²) in [6.45, 7) is 3.25. The molecule has 1 N–H and O–H groups in total. The van der Waals surface area contributed by atoms with Crippen LogP contribution in [0.2, 0.25) is 0 Å². The van der Waals surface area contributed by atoms with Crippen LogP contribution in [0.4, 0.5) is 8.78 Å². The fourth-order valence-corrected chi connectivity index (χ4v) is 3.43. The number of aryl methyl sites for hydroxylation is 2. The molecule has 2 aromatic carbocycles. The minimum absolute atomic E-state index is 0.342. The molecule has 0 saturated carbocycles. The first-order valence-corrected chi connectivity index (χ1v) is 9.28. The fourth-order valence-electron chi connectivity index (χ4n) is 2.43. The second kappa shape index (κ2) is 8.39. The van der Waals surface area contributed by atoms with Crippen molar-refractivity contribution in [2.24, 2.45) is 0 Å². The summed E-state index contributed by atoms with van der Waals surface area (Å²) in [6, 6.07) is 8.96. The van der Waals surface area contributed by atoms with Crippen molar-refractivity contribution >= 4 is 17.7 Å². The fraction of sp³-hybridized carbons (Fsp3) is 0.211. The van der Waals surface area contributed by atoms with Crippen molar-refractivity contribution in [1.82, 2.24) is 15.0 Å². The van der Waals surface area contributed by atoms with Crippen LogP contribution in [-0.2, 0) is 10.5 Å². The highest BCUT2D eigenvalue weighted by Gasteiger charge is 2.12. The predicted molar refractivity (Wildman–Crippen MR) is 99.9 cm³/mol. The Balaban J connectivity index is 1.69. The summed E-state index contributed by atoms with van der Waals surface area (Å²) in [6.07, 6.45) is 0. The van der Waals surface area contributed by atoms with Gasteiger partial charge >= 0.3 is 5.97 Å². The lowest BCUT2D eigenvalue weighted by molar-refractivity contribution is -0.139.